The van der Waals surface area contributed by atoms with Gasteiger partial charge in [-0.25, -0.2) is 0 Å². The highest BCUT2D eigenvalue weighted by Crippen LogP contribution is 2.35. The van der Waals surface area contributed by atoms with Gasteiger partial charge >= 0.3 is 0 Å². The lowest BCUT2D eigenvalue weighted by Crippen LogP contribution is -2.15. The normalized spacial score (nSPS) is 12.0. The van der Waals surface area contributed by atoms with Gasteiger partial charge in [-0.2, -0.15) is 0 Å². The van der Waals surface area contributed by atoms with Crippen molar-refractivity contribution in [2.45, 2.75) is 90.1 Å². The van der Waals surface area contributed by atoms with Gasteiger partial charge in [-0.3, -0.25) is 0 Å². The average Bonchev–Trinajstić information content (AvgIpc) is 2.29. The first-order chi connectivity index (χ1) is 8.12. The fourth-order valence-electron chi connectivity index (χ4n) is 2.10. The van der Waals surface area contributed by atoms with E-state index in [1.54, 1.807) is 12.1 Å². The first kappa shape index (κ1) is 18.7. The minimum absolute atomic E-state index is 0.882. The van der Waals surface area contributed by atoms with Gasteiger partial charge in [-0.1, -0.05) is 78.1 Å². The van der Waals surface area contributed by atoms with E-state index in [0.717, 1.165) is 0 Å². The molecule has 0 aromatic carbocycles. The third-order valence-electron chi connectivity index (χ3n) is 3.29. The molecule has 0 saturated carbocycles. The molecule has 0 heterocycles. The van der Waals surface area contributed by atoms with Gasteiger partial charge in [-0.05, 0) is 12.1 Å². The smallest absolute Gasteiger partial charge is 0.105 e. The molecular formula is C14H30I2Si. The Kier molecular flexibility index (Phi) is 14.0. The molecule has 0 rings (SSSR count). The maximum Gasteiger partial charge on any atom is 0.192 e. The molecule has 0 aromatic heterocycles. The van der Waals surface area contributed by atoms with Gasteiger partial charge in [0.05, 0.1) is 0 Å². The molecule has 17 heavy (non-hydrogen) atoms. The number of rotatable bonds is 12. The summed E-state index contributed by atoms with van der Waals surface area (Å²) in [6.45, 7) is 4.60. The molecule has 0 spiro atoms. The molecule has 0 aliphatic rings. The molecule has 0 radical (unpaired) electrons. The lowest BCUT2D eigenvalue weighted by atomic mass is 10.1. The van der Waals surface area contributed by atoms with Gasteiger partial charge in [-0.15, -0.1) is 43.6 Å². The van der Waals surface area contributed by atoms with Crippen molar-refractivity contribution < 1.29 is 0 Å². The van der Waals surface area contributed by atoms with Crippen LogP contribution in [0, 0.1) is 0 Å². The van der Waals surface area contributed by atoms with Crippen LogP contribution in [0.1, 0.15) is 78.1 Å². The minimum atomic E-state index is -0.882. The van der Waals surface area contributed by atoms with E-state index in [9.17, 15) is 0 Å². The summed E-state index contributed by atoms with van der Waals surface area (Å²) in [4.78, 5) is 0. The lowest BCUT2D eigenvalue weighted by molar-refractivity contribution is 0.623. The zero-order valence-electron chi connectivity index (χ0n) is 11.7. The molecule has 0 amide bonds. The van der Waals surface area contributed by atoms with E-state index in [-0.39, 0.29) is 0 Å². The van der Waals surface area contributed by atoms with Crippen LogP contribution in [0.5, 0.6) is 0 Å². The predicted octanol–water partition coefficient (Wildman–Crippen LogP) is 7.24. The average molecular weight is 480 g/mol. The molecule has 0 aromatic rings. The van der Waals surface area contributed by atoms with Crippen molar-refractivity contribution in [2.75, 3.05) is 0 Å². The van der Waals surface area contributed by atoms with Crippen LogP contribution in [0.15, 0.2) is 0 Å². The van der Waals surface area contributed by atoms with Crippen molar-refractivity contribution >= 4 is 46.7 Å². The van der Waals surface area contributed by atoms with Crippen molar-refractivity contribution in [1.82, 2.24) is 0 Å². The van der Waals surface area contributed by atoms with Crippen LogP contribution in [0.3, 0.4) is 0 Å². The Morgan fingerprint density at radius 2 is 0.941 bits per heavy atom. The maximum absolute atomic E-state index is 2.82. The van der Waals surface area contributed by atoms with E-state index in [1.165, 1.54) is 64.2 Å². The third kappa shape index (κ3) is 13.9. The standard InChI is InChI=1S/C14H30I2Si/c1-3-5-7-9-10-12-14-17(15,16)13-11-8-6-4-2/h3-14H2,1-2H3. The second-order valence-corrected chi connectivity index (χ2v) is 26.5. The van der Waals surface area contributed by atoms with Crippen LogP contribution in [-0.2, 0) is 0 Å². The highest BCUT2D eigenvalue weighted by molar-refractivity contribution is 14.3. The highest BCUT2D eigenvalue weighted by Gasteiger charge is 2.24. The summed E-state index contributed by atoms with van der Waals surface area (Å²) in [5, 5.41) is 0. The highest BCUT2D eigenvalue weighted by atomic mass is 127. The van der Waals surface area contributed by atoms with Crippen LogP contribution in [0.4, 0.5) is 0 Å². The molecule has 0 atom stereocenters. The van der Waals surface area contributed by atoms with Crippen LogP contribution in [0.2, 0.25) is 12.1 Å². The number of halogens is 2. The molecule has 0 saturated heterocycles. The predicted molar refractivity (Wildman–Crippen MR) is 101 cm³/mol. The molecule has 104 valence electrons. The van der Waals surface area contributed by atoms with Crippen molar-refractivity contribution in [3.63, 3.8) is 0 Å². The van der Waals surface area contributed by atoms with Gasteiger partial charge < -0.3 is 0 Å². The summed E-state index contributed by atoms with van der Waals surface area (Å²) >= 11 is 5.64. The Hall–Kier alpha value is 1.68. The molecule has 0 unspecified atom stereocenters. The third-order valence-corrected chi connectivity index (χ3v) is 11.9. The summed E-state index contributed by atoms with van der Waals surface area (Å²) in [5.74, 6) is 0. The minimum Gasteiger partial charge on any atom is -0.105 e. The summed E-state index contributed by atoms with van der Waals surface area (Å²) < 4.78 is -0.882. The molecule has 0 nitrogen and oxygen atoms in total. The van der Waals surface area contributed by atoms with E-state index >= 15 is 0 Å². The number of hydrogen-bond acceptors (Lipinski definition) is 0. The Morgan fingerprint density at radius 3 is 1.41 bits per heavy atom. The lowest BCUT2D eigenvalue weighted by Gasteiger charge is -2.17. The molecule has 0 bridgehead atoms. The van der Waals surface area contributed by atoms with Crippen molar-refractivity contribution in [1.29, 1.82) is 0 Å². The largest absolute Gasteiger partial charge is 0.192 e. The SMILES string of the molecule is CCCCCCCC[Si](I)(I)CCCCCC. The van der Waals surface area contributed by atoms with E-state index in [2.05, 4.69) is 57.4 Å². The van der Waals surface area contributed by atoms with Crippen molar-refractivity contribution in [3.05, 3.63) is 0 Å². The van der Waals surface area contributed by atoms with Crippen LogP contribution in [-0.4, -0.2) is 3.07 Å². The quantitative estimate of drug-likeness (QED) is 0.120. The molecular weight excluding hydrogens is 450 g/mol. The first-order valence-corrected chi connectivity index (χ1v) is 16.1. The molecule has 0 fully saturated rings. The van der Waals surface area contributed by atoms with E-state index in [0.29, 0.717) is 0 Å². The summed E-state index contributed by atoms with van der Waals surface area (Å²) in [6, 6.07) is 3.09. The van der Waals surface area contributed by atoms with Crippen molar-refractivity contribution in [2.24, 2.45) is 0 Å². The molecule has 0 N–H and O–H groups in total. The van der Waals surface area contributed by atoms with Gasteiger partial charge in [0.25, 0.3) is 0 Å². The zero-order valence-corrected chi connectivity index (χ0v) is 17.1. The van der Waals surface area contributed by atoms with Gasteiger partial charge in [0.2, 0.25) is 0 Å². The van der Waals surface area contributed by atoms with Gasteiger partial charge in [0.1, 0.15) is 0 Å². The Bertz CT molecular complexity index is 160. The monoisotopic (exact) mass is 480 g/mol. The molecule has 0 aliphatic carbocycles. The summed E-state index contributed by atoms with van der Waals surface area (Å²) in [6.07, 6.45) is 14.5. The fourth-order valence-corrected chi connectivity index (χ4v) is 8.46. The molecule has 3 heteroatoms. The summed E-state index contributed by atoms with van der Waals surface area (Å²) in [7, 11) is 0. The fraction of sp³-hybridized carbons (Fsp3) is 1.00. The van der Waals surface area contributed by atoms with Gasteiger partial charge in [0, 0.05) is 0 Å². The summed E-state index contributed by atoms with van der Waals surface area (Å²) in [5.41, 5.74) is 0. The van der Waals surface area contributed by atoms with Gasteiger partial charge in [0.15, 0.2) is 3.07 Å². The maximum atomic E-state index is 2.82. The van der Waals surface area contributed by atoms with Crippen LogP contribution in [0.25, 0.3) is 0 Å². The Morgan fingerprint density at radius 1 is 0.588 bits per heavy atom. The van der Waals surface area contributed by atoms with Crippen LogP contribution < -0.4 is 0 Å². The second-order valence-electron chi connectivity index (χ2n) is 5.18. The Labute approximate surface area is 136 Å². The van der Waals surface area contributed by atoms with Crippen LogP contribution >= 0.6 is 43.6 Å². The number of hydrogen-bond donors (Lipinski definition) is 0. The molecule has 0 aliphatic heterocycles. The van der Waals surface area contributed by atoms with E-state index in [4.69, 9.17) is 0 Å². The topological polar surface area (TPSA) is 0 Å². The zero-order chi connectivity index (χ0) is 13.0. The Balaban J connectivity index is 3.37. The van der Waals surface area contributed by atoms with E-state index in [1.807, 2.05) is 0 Å². The second kappa shape index (κ2) is 12.7. The van der Waals surface area contributed by atoms with Crippen molar-refractivity contribution in [3.8, 4) is 0 Å². The number of unbranched alkanes of at least 4 members (excludes halogenated alkanes) is 8. The first-order valence-electron chi connectivity index (χ1n) is 7.50. The van der Waals surface area contributed by atoms with E-state index < -0.39 is 3.07 Å².